The molecule has 1 atom stereocenters. The molecular weight excluding hydrogens is 272 g/mol. The summed E-state index contributed by atoms with van der Waals surface area (Å²) in [5.41, 5.74) is 0.557. The predicted octanol–water partition coefficient (Wildman–Crippen LogP) is 0.720. The number of hydrogen-bond acceptors (Lipinski definition) is 4. The number of rotatable bonds is 6. The van der Waals surface area contributed by atoms with Crippen molar-refractivity contribution in [3.05, 3.63) is 29.8 Å². The molecule has 6 nitrogen and oxygen atoms in total. The van der Waals surface area contributed by atoms with Crippen LogP contribution >= 0.6 is 0 Å². The molecule has 0 radical (unpaired) electrons. The van der Waals surface area contributed by atoms with Gasteiger partial charge in [-0.2, -0.15) is 0 Å². The van der Waals surface area contributed by atoms with E-state index in [4.69, 9.17) is 9.47 Å². The van der Waals surface area contributed by atoms with E-state index in [1.165, 1.54) is 0 Å². The molecule has 1 heterocycles. The first-order chi connectivity index (χ1) is 10.2. The summed E-state index contributed by atoms with van der Waals surface area (Å²) in [6.07, 6.45) is 1.36. The maximum Gasteiger partial charge on any atom is 0.251 e. The fourth-order valence-electron chi connectivity index (χ4n) is 2.10. The molecule has 0 aliphatic carbocycles. The number of hydrogen-bond donors (Lipinski definition) is 2. The first-order valence-electron chi connectivity index (χ1n) is 7.02. The van der Waals surface area contributed by atoms with E-state index in [1.54, 1.807) is 31.4 Å². The highest BCUT2D eigenvalue weighted by molar-refractivity contribution is 5.94. The van der Waals surface area contributed by atoms with Crippen LogP contribution in [0.25, 0.3) is 0 Å². The third-order valence-corrected chi connectivity index (χ3v) is 3.28. The van der Waals surface area contributed by atoms with Gasteiger partial charge in [0.15, 0.2) is 0 Å². The van der Waals surface area contributed by atoms with E-state index in [0.29, 0.717) is 31.0 Å². The fourth-order valence-corrected chi connectivity index (χ4v) is 2.10. The minimum Gasteiger partial charge on any atom is -0.497 e. The molecule has 1 aliphatic rings. The highest BCUT2D eigenvalue weighted by atomic mass is 16.5. The SMILES string of the molecule is COc1ccc(C(=O)NCCNC(=O)C2CCCO2)cc1. The number of nitrogens with one attached hydrogen (secondary N) is 2. The van der Waals surface area contributed by atoms with Gasteiger partial charge in [0, 0.05) is 25.3 Å². The lowest BCUT2D eigenvalue weighted by atomic mass is 10.2. The molecule has 1 aliphatic heterocycles. The van der Waals surface area contributed by atoms with E-state index >= 15 is 0 Å². The van der Waals surface area contributed by atoms with Gasteiger partial charge in [-0.05, 0) is 37.1 Å². The van der Waals surface area contributed by atoms with Gasteiger partial charge < -0.3 is 20.1 Å². The second kappa shape index (κ2) is 7.64. The number of benzene rings is 1. The van der Waals surface area contributed by atoms with Crippen molar-refractivity contribution in [2.45, 2.75) is 18.9 Å². The van der Waals surface area contributed by atoms with E-state index in [9.17, 15) is 9.59 Å². The number of amides is 2. The summed E-state index contributed by atoms with van der Waals surface area (Å²) in [6.45, 7) is 1.41. The Hall–Kier alpha value is -2.08. The first kappa shape index (κ1) is 15.3. The van der Waals surface area contributed by atoms with E-state index < -0.39 is 0 Å². The summed E-state index contributed by atoms with van der Waals surface area (Å²) >= 11 is 0. The van der Waals surface area contributed by atoms with E-state index in [0.717, 1.165) is 12.8 Å². The molecular formula is C15H20N2O4. The normalized spacial score (nSPS) is 17.3. The molecule has 2 rings (SSSR count). The van der Waals surface area contributed by atoms with E-state index in [1.807, 2.05) is 0 Å². The molecule has 21 heavy (non-hydrogen) atoms. The van der Waals surface area contributed by atoms with Crippen LogP contribution in [0.2, 0.25) is 0 Å². The molecule has 2 amide bonds. The standard InChI is InChI=1S/C15H20N2O4/c1-20-12-6-4-11(5-7-12)14(18)16-8-9-17-15(19)13-3-2-10-21-13/h4-7,13H,2-3,8-10H2,1H3,(H,16,18)(H,17,19). The Balaban J connectivity index is 1.67. The van der Waals surface area contributed by atoms with Gasteiger partial charge in [0.1, 0.15) is 11.9 Å². The molecule has 114 valence electrons. The monoisotopic (exact) mass is 292 g/mol. The average Bonchev–Trinajstić information content (AvgIpc) is 3.05. The van der Waals surface area contributed by atoms with Crippen LogP contribution in [0.1, 0.15) is 23.2 Å². The Kier molecular flexibility index (Phi) is 5.57. The lowest BCUT2D eigenvalue weighted by molar-refractivity contribution is -0.129. The molecule has 0 spiro atoms. The van der Waals surface area contributed by atoms with Crippen LogP contribution in [0.15, 0.2) is 24.3 Å². The van der Waals surface area contributed by atoms with Gasteiger partial charge in [0.05, 0.1) is 7.11 Å². The van der Waals surface area contributed by atoms with Crippen molar-refractivity contribution in [1.29, 1.82) is 0 Å². The highest BCUT2D eigenvalue weighted by Gasteiger charge is 2.22. The Morgan fingerprint density at radius 3 is 2.57 bits per heavy atom. The maximum absolute atomic E-state index is 11.9. The average molecular weight is 292 g/mol. The van der Waals surface area contributed by atoms with Gasteiger partial charge >= 0.3 is 0 Å². The molecule has 1 aromatic carbocycles. The predicted molar refractivity (Wildman–Crippen MR) is 77.3 cm³/mol. The van der Waals surface area contributed by atoms with Crippen LogP contribution in [0, 0.1) is 0 Å². The zero-order valence-electron chi connectivity index (χ0n) is 12.1. The second-order valence-electron chi connectivity index (χ2n) is 4.78. The number of carbonyl (C=O) groups excluding carboxylic acids is 2. The first-order valence-corrected chi connectivity index (χ1v) is 7.02. The molecule has 0 saturated carbocycles. The Morgan fingerprint density at radius 1 is 1.24 bits per heavy atom. The third-order valence-electron chi connectivity index (χ3n) is 3.28. The summed E-state index contributed by atoms with van der Waals surface area (Å²) < 4.78 is 10.3. The van der Waals surface area contributed by atoms with Crippen molar-refractivity contribution >= 4 is 11.8 Å². The number of carbonyl (C=O) groups is 2. The summed E-state index contributed by atoms with van der Waals surface area (Å²) in [6, 6.07) is 6.85. The van der Waals surface area contributed by atoms with E-state index in [-0.39, 0.29) is 17.9 Å². The van der Waals surface area contributed by atoms with Gasteiger partial charge in [-0.25, -0.2) is 0 Å². The molecule has 1 saturated heterocycles. The van der Waals surface area contributed by atoms with Crippen LogP contribution in [0.4, 0.5) is 0 Å². The third kappa shape index (κ3) is 4.46. The van der Waals surface area contributed by atoms with Gasteiger partial charge in [0.2, 0.25) is 5.91 Å². The molecule has 6 heteroatoms. The highest BCUT2D eigenvalue weighted by Crippen LogP contribution is 2.12. The zero-order valence-corrected chi connectivity index (χ0v) is 12.1. The molecule has 1 fully saturated rings. The maximum atomic E-state index is 11.9. The summed E-state index contributed by atoms with van der Waals surface area (Å²) in [7, 11) is 1.58. The Bertz CT molecular complexity index is 481. The van der Waals surface area contributed by atoms with Crippen LogP contribution in [-0.4, -0.2) is 44.7 Å². The quantitative estimate of drug-likeness (QED) is 0.758. The minimum atomic E-state index is -0.331. The lowest BCUT2D eigenvalue weighted by Gasteiger charge is -2.11. The summed E-state index contributed by atoms with van der Waals surface area (Å²) in [4.78, 5) is 23.5. The second-order valence-corrected chi connectivity index (χ2v) is 4.78. The van der Waals surface area contributed by atoms with Crippen molar-refractivity contribution in [1.82, 2.24) is 10.6 Å². The van der Waals surface area contributed by atoms with Gasteiger partial charge in [-0.1, -0.05) is 0 Å². The largest absolute Gasteiger partial charge is 0.497 e. The van der Waals surface area contributed by atoms with Crippen LogP contribution in [-0.2, 0) is 9.53 Å². The topological polar surface area (TPSA) is 76.7 Å². The minimum absolute atomic E-state index is 0.105. The van der Waals surface area contributed by atoms with Crippen molar-refractivity contribution < 1.29 is 19.1 Å². The van der Waals surface area contributed by atoms with Gasteiger partial charge in [-0.15, -0.1) is 0 Å². The van der Waals surface area contributed by atoms with Gasteiger partial charge in [-0.3, -0.25) is 9.59 Å². The Morgan fingerprint density at radius 2 is 1.95 bits per heavy atom. The molecule has 0 aromatic heterocycles. The lowest BCUT2D eigenvalue weighted by Crippen LogP contribution is -2.39. The molecule has 2 N–H and O–H groups in total. The van der Waals surface area contributed by atoms with Crippen molar-refractivity contribution in [3.63, 3.8) is 0 Å². The van der Waals surface area contributed by atoms with Gasteiger partial charge in [0.25, 0.3) is 5.91 Å². The van der Waals surface area contributed by atoms with Crippen LogP contribution < -0.4 is 15.4 Å². The molecule has 1 aromatic rings. The zero-order chi connectivity index (χ0) is 15.1. The molecule has 0 bridgehead atoms. The smallest absolute Gasteiger partial charge is 0.251 e. The number of ether oxygens (including phenoxy) is 2. The van der Waals surface area contributed by atoms with Crippen molar-refractivity contribution in [2.75, 3.05) is 26.8 Å². The fraction of sp³-hybridized carbons (Fsp3) is 0.467. The summed E-state index contributed by atoms with van der Waals surface area (Å²) in [5, 5.41) is 5.50. The number of methoxy groups -OCH3 is 1. The Labute approximate surface area is 123 Å². The van der Waals surface area contributed by atoms with E-state index in [2.05, 4.69) is 10.6 Å². The van der Waals surface area contributed by atoms with Crippen molar-refractivity contribution in [3.8, 4) is 5.75 Å². The van der Waals surface area contributed by atoms with Crippen LogP contribution in [0.3, 0.4) is 0 Å². The summed E-state index contributed by atoms with van der Waals surface area (Å²) in [5.74, 6) is 0.422. The van der Waals surface area contributed by atoms with Crippen LogP contribution in [0.5, 0.6) is 5.75 Å². The van der Waals surface area contributed by atoms with Crippen molar-refractivity contribution in [2.24, 2.45) is 0 Å². The molecule has 1 unspecified atom stereocenters.